The number of aliphatic imine (C=N–C) groups is 1. The van der Waals surface area contributed by atoms with Crippen molar-refractivity contribution in [2.45, 2.75) is 26.2 Å². The molecule has 2 aliphatic heterocycles. The van der Waals surface area contributed by atoms with E-state index in [2.05, 4.69) is 49.4 Å². The second kappa shape index (κ2) is 13.9. The maximum absolute atomic E-state index is 9.55. The predicted octanol–water partition coefficient (Wildman–Crippen LogP) is 2.70. The number of nitrogens with zero attached hydrogens (tertiary/aromatic N) is 5. The van der Waals surface area contributed by atoms with Crippen LogP contribution in [0.15, 0.2) is 53.8 Å². The van der Waals surface area contributed by atoms with E-state index in [9.17, 15) is 9.59 Å². The molecule has 10 nitrogen and oxygen atoms in total. The molecule has 4 rings (SSSR count). The number of benzene rings is 1. The molecule has 0 saturated carbocycles. The lowest BCUT2D eigenvalue weighted by Crippen LogP contribution is -2.47. The Morgan fingerprint density at radius 3 is 2.36 bits per heavy atom. The van der Waals surface area contributed by atoms with Gasteiger partial charge in [-0.15, -0.1) is 0 Å². The zero-order valence-corrected chi connectivity index (χ0v) is 20.6. The van der Waals surface area contributed by atoms with E-state index in [1.165, 1.54) is 23.4 Å². The second-order valence-corrected chi connectivity index (χ2v) is 8.66. The topological polar surface area (TPSA) is 131 Å². The number of rotatable bonds is 8. The summed E-state index contributed by atoms with van der Waals surface area (Å²) in [7, 11) is 0. The van der Waals surface area contributed by atoms with E-state index in [1.807, 2.05) is 19.3 Å². The number of carboxylic acid groups (broad SMARTS) is 2. The van der Waals surface area contributed by atoms with Gasteiger partial charge in [0.15, 0.2) is 0 Å². The molecule has 0 atom stereocenters. The quantitative estimate of drug-likeness (QED) is 0.374. The molecule has 0 bridgehead atoms. The van der Waals surface area contributed by atoms with Gasteiger partial charge in [-0.25, -0.2) is 19.6 Å². The lowest BCUT2D eigenvalue weighted by atomic mass is 10.0. The summed E-state index contributed by atoms with van der Waals surface area (Å²) in [6.45, 7) is 9.30. The van der Waals surface area contributed by atoms with Crippen LogP contribution in [0.25, 0.3) is 0 Å². The highest BCUT2D eigenvalue weighted by atomic mass is 16.4. The Kier molecular flexibility index (Phi) is 10.4. The average Bonchev–Trinajstić information content (AvgIpc) is 2.89. The van der Waals surface area contributed by atoms with Gasteiger partial charge in [0, 0.05) is 87.2 Å². The fraction of sp³-hybridized carbons (Fsp3) is 0.423. The first-order chi connectivity index (χ1) is 17.4. The highest BCUT2D eigenvalue weighted by molar-refractivity contribution is 6.06. The molecule has 2 aromatic rings. The Morgan fingerprint density at radius 1 is 1.03 bits per heavy atom. The molecular weight excluding hydrogens is 460 g/mol. The van der Waals surface area contributed by atoms with Gasteiger partial charge in [0.25, 0.3) is 0 Å². The number of aryl methyl sites for hydroxylation is 1. The minimum atomic E-state index is -1.26. The van der Waals surface area contributed by atoms with E-state index in [-0.39, 0.29) is 0 Å². The number of carboxylic acids is 2. The smallest absolute Gasteiger partial charge is 0.328 e. The van der Waals surface area contributed by atoms with Crippen LogP contribution in [0.2, 0.25) is 0 Å². The number of carbonyl (C=O) groups is 2. The number of unbranched alkanes of at least 4 members (excludes halogenated alkanes) is 1. The maximum Gasteiger partial charge on any atom is 0.328 e. The van der Waals surface area contributed by atoms with Gasteiger partial charge in [0.05, 0.1) is 0 Å². The molecule has 0 unspecified atom stereocenters. The van der Waals surface area contributed by atoms with Crippen molar-refractivity contribution in [1.82, 2.24) is 14.9 Å². The van der Waals surface area contributed by atoms with E-state index < -0.39 is 11.9 Å². The number of aliphatic carboxylic acids is 2. The third-order valence-electron chi connectivity index (χ3n) is 5.89. The summed E-state index contributed by atoms with van der Waals surface area (Å²) < 4.78 is 0. The Labute approximate surface area is 211 Å². The Morgan fingerprint density at radius 2 is 1.69 bits per heavy atom. The molecule has 1 saturated heterocycles. The van der Waals surface area contributed by atoms with Gasteiger partial charge in [-0.2, -0.15) is 0 Å². The van der Waals surface area contributed by atoms with Gasteiger partial charge < -0.3 is 20.4 Å². The fourth-order valence-corrected chi connectivity index (χ4v) is 4.03. The summed E-state index contributed by atoms with van der Waals surface area (Å²) in [6, 6.07) is 8.50. The molecule has 1 aromatic heterocycles. The van der Waals surface area contributed by atoms with Gasteiger partial charge in [-0.05, 0) is 37.9 Å². The number of fused-ring (bicyclic) bond motifs is 1. The molecule has 3 heterocycles. The number of hydrogen-bond acceptors (Lipinski definition) is 8. The van der Waals surface area contributed by atoms with Crippen molar-refractivity contribution < 1.29 is 19.8 Å². The molecule has 36 heavy (non-hydrogen) atoms. The Hall–Kier alpha value is -3.79. The van der Waals surface area contributed by atoms with E-state index in [0.717, 1.165) is 70.2 Å². The number of para-hydroxylation sites is 1. The molecule has 10 heteroatoms. The highest BCUT2D eigenvalue weighted by Crippen LogP contribution is 2.21. The van der Waals surface area contributed by atoms with Crippen LogP contribution >= 0.6 is 0 Å². The highest BCUT2D eigenvalue weighted by Gasteiger charge is 2.18. The summed E-state index contributed by atoms with van der Waals surface area (Å²) in [5.41, 5.74) is 4.88. The summed E-state index contributed by atoms with van der Waals surface area (Å²) in [5, 5.41) is 19.1. The van der Waals surface area contributed by atoms with E-state index >= 15 is 0 Å². The van der Waals surface area contributed by atoms with Crippen molar-refractivity contribution in [2.24, 2.45) is 4.99 Å². The normalized spacial score (nSPS) is 16.7. The molecule has 0 amide bonds. The van der Waals surface area contributed by atoms with Crippen LogP contribution < -0.4 is 10.2 Å². The maximum atomic E-state index is 9.55. The number of hydrogen-bond donors (Lipinski definition) is 3. The number of nitrogens with one attached hydrogen (secondary N) is 1. The van der Waals surface area contributed by atoms with Crippen LogP contribution in [-0.2, 0) is 9.59 Å². The van der Waals surface area contributed by atoms with E-state index in [0.29, 0.717) is 12.2 Å². The lowest BCUT2D eigenvalue weighted by Gasteiger charge is -2.34. The van der Waals surface area contributed by atoms with Gasteiger partial charge >= 0.3 is 11.9 Å². The molecule has 0 aliphatic carbocycles. The van der Waals surface area contributed by atoms with Crippen molar-refractivity contribution in [3.63, 3.8) is 0 Å². The van der Waals surface area contributed by atoms with E-state index in [4.69, 9.17) is 15.2 Å². The number of aromatic nitrogens is 2. The first-order valence-electron chi connectivity index (χ1n) is 12.2. The lowest BCUT2D eigenvalue weighted by molar-refractivity contribution is -0.134. The zero-order chi connectivity index (χ0) is 25.8. The first-order valence-corrected chi connectivity index (χ1v) is 12.2. The standard InChI is InChI=1S/C22H30N6.C4H4O4/c1-18-16-25-22(26-17-18)28-14-12-27(13-15-28)11-5-4-9-23-21-8-10-24-20-7-3-2-6-19(20)21;5-3(6)1-2-4(7)8/h2-3,6-7,16-17,24H,4-5,8-15H2,1H3;1-2H,(H,5,6)(H,7,8). The third-order valence-corrected chi connectivity index (χ3v) is 5.89. The van der Waals surface area contributed by atoms with Gasteiger partial charge in [0.1, 0.15) is 0 Å². The summed E-state index contributed by atoms with van der Waals surface area (Å²) in [4.78, 5) is 37.8. The minimum Gasteiger partial charge on any atom is -0.478 e. The molecular formula is C26H34N6O4. The van der Waals surface area contributed by atoms with Crippen LogP contribution in [0.4, 0.5) is 11.6 Å². The second-order valence-electron chi connectivity index (χ2n) is 8.66. The number of anilines is 2. The first kappa shape index (κ1) is 26.8. The fourth-order valence-electron chi connectivity index (χ4n) is 4.03. The Bertz CT molecular complexity index is 1050. The summed E-state index contributed by atoms with van der Waals surface area (Å²) in [5.74, 6) is -1.65. The van der Waals surface area contributed by atoms with Crippen LogP contribution in [0, 0.1) is 6.92 Å². The van der Waals surface area contributed by atoms with Gasteiger partial charge in [-0.3, -0.25) is 9.89 Å². The van der Waals surface area contributed by atoms with Crippen molar-refractivity contribution in [3.05, 3.63) is 59.9 Å². The van der Waals surface area contributed by atoms with E-state index in [1.54, 1.807) is 0 Å². The number of piperazine rings is 1. The van der Waals surface area contributed by atoms with Gasteiger partial charge in [0.2, 0.25) is 5.95 Å². The minimum absolute atomic E-state index is 0.558. The summed E-state index contributed by atoms with van der Waals surface area (Å²) >= 11 is 0. The molecule has 0 radical (unpaired) electrons. The van der Waals surface area contributed by atoms with Crippen LogP contribution in [0.5, 0.6) is 0 Å². The molecule has 1 aromatic carbocycles. The molecule has 3 N–H and O–H groups in total. The summed E-state index contributed by atoms with van der Waals surface area (Å²) in [6.07, 6.45) is 8.30. The molecule has 0 spiro atoms. The largest absolute Gasteiger partial charge is 0.478 e. The Balaban J connectivity index is 0.000000392. The van der Waals surface area contributed by atoms with Crippen molar-refractivity contribution >= 4 is 29.3 Å². The zero-order valence-electron chi connectivity index (χ0n) is 20.6. The molecule has 2 aliphatic rings. The molecule has 1 fully saturated rings. The average molecular weight is 495 g/mol. The third kappa shape index (κ3) is 8.77. The predicted molar refractivity (Wildman–Crippen MR) is 140 cm³/mol. The molecule has 192 valence electrons. The van der Waals surface area contributed by atoms with Crippen molar-refractivity contribution in [2.75, 3.05) is 56.0 Å². The monoisotopic (exact) mass is 494 g/mol. The van der Waals surface area contributed by atoms with Crippen molar-refractivity contribution in [3.8, 4) is 0 Å². The van der Waals surface area contributed by atoms with Crippen molar-refractivity contribution in [1.29, 1.82) is 0 Å². The van der Waals surface area contributed by atoms with Crippen LogP contribution in [0.3, 0.4) is 0 Å². The SMILES string of the molecule is Cc1cnc(N2CCN(CCCCN=C3CCNc4ccccc43)CC2)nc1.O=C(O)C=CC(=O)O. The van der Waals surface area contributed by atoms with Crippen LogP contribution in [0.1, 0.15) is 30.4 Å². The van der Waals surface area contributed by atoms with Crippen LogP contribution in [-0.4, -0.2) is 88.5 Å². The van der Waals surface area contributed by atoms with Gasteiger partial charge in [-0.1, -0.05) is 18.2 Å².